The van der Waals surface area contributed by atoms with Crippen molar-refractivity contribution >= 4 is 29.1 Å². The number of hydrogen-bond acceptors (Lipinski definition) is 3. The average molecular weight is 416 g/mol. The van der Waals surface area contributed by atoms with E-state index in [1.54, 1.807) is 0 Å². The first kappa shape index (κ1) is 23.2. The van der Waals surface area contributed by atoms with Crippen molar-refractivity contribution in [2.24, 2.45) is 0 Å². The van der Waals surface area contributed by atoms with Gasteiger partial charge in [0.05, 0.1) is 5.37 Å². The van der Waals surface area contributed by atoms with Crippen LogP contribution in [0.4, 0.5) is 0 Å². The molecule has 1 atom stereocenters. The van der Waals surface area contributed by atoms with Gasteiger partial charge in [-0.05, 0) is 67.5 Å². The molecule has 1 aromatic rings. The lowest BCUT2D eigenvalue weighted by atomic mass is 9.91. The molecule has 0 fully saturated rings. The van der Waals surface area contributed by atoms with E-state index in [1.165, 1.54) is 27.8 Å². The molecule has 1 nitrogen and oxygen atoms in total. The van der Waals surface area contributed by atoms with Gasteiger partial charge in [0, 0.05) is 22.6 Å². The summed E-state index contributed by atoms with van der Waals surface area (Å²) < 4.78 is 0.170. The van der Waals surface area contributed by atoms with Crippen LogP contribution in [0.5, 0.6) is 0 Å². The number of benzene rings is 1. The van der Waals surface area contributed by atoms with Crippen molar-refractivity contribution in [3.63, 3.8) is 0 Å². The maximum atomic E-state index is 4.44. The van der Waals surface area contributed by atoms with Gasteiger partial charge in [0.2, 0.25) is 0 Å². The van der Waals surface area contributed by atoms with E-state index in [-0.39, 0.29) is 4.75 Å². The van der Waals surface area contributed by atoms with Crippen LogP contribution >= 0.6 is 23.5 Å². The summed E-state index contributed by atoms with van der Waals surface area (Å²) in [6.45, 7) is 21.8. The van der Waals surface area contributed by atoms with Crippen molar-refractivity contribution in [2.75, 3.05) is 5.75 Å². The number of allylic oxidation sites excluding steroid dienone is 2. The molecule has 1 unspecified atom stereocenters. The normalized spacial score (nSPS) is 16.4. The van der Waals surface area contributed by atoms with E-state index in [0.29, 0.717) is 5.37 Å². The monoisotopic (exact) mass is 415 g/mol. The van der Waals surface area contributed by atoms with Gasteiger partial charge in [0.15, 0.2) is 0 Å². The summed E-state index contributed by atoms with van der Waals surface area (Å²) in [7, 11) is 0. The Morgan fingerprint density at radius 3 is 2.64 bits per heavy atom. The molecule has 0 aromatic heterocycles. The standard InChI is InChI=1S/C25H37NS2/c1-8-20(5)26-24-16-21-14-11-15-22(23(21)17-27-24)18(3)12-10-13-19(4)25(6,7)28-9-2/h11,14-15,24,26H,3-5,8-10,12-13,16-17H2,1-2,6-7H3. The Balaban J connectivity index is 1.96. The van der Waals surface area contributed by atoms with Gasteiger partial charge in [-0.15, -0.1) is 11.8 Å². The first-order chi connectivity index (χ1) is 13.3. The number of rotatable bonds is 11. The minimum Gasteiger partial charge on any atom is -0.377 e. The van der Waals surface area contributed by atoms with Crippen LogP contribution in [0.1, 0.15) is 70.1 Å². The fraction of sp³-hybridized carbons (Fsp3) is 0.520. The van der Waals surface area contributed by atoms with Crippen molar-refractivity contribution < 1.29 is 0 Å². The lowest BCUT2D eigenvalue weighted by molar-refractivity contribution is 0.703. The number of nitrogens with one attached hydrogen (secondary N) is 1. The van der Waals surface area contributed by atoms with Crippen molar-refractivity contribution in [3.8, 4) is 0 Å². The zero-order valence-corrected chi connectivity index (χ0v) is 19.8. The van der Waals surface area contributed by atoms with Crippen molar-refractivity contribution in [2.45, 2.75) is 75.7 Å². The van der Waals surface area contributed by atoms with Crippen LogP contribution in [-0.4, -0.2) is 15.9 Å². The summed E-state index contributed by atoms with van der Waals surface area (Å²) in [6, 6.07) is 6.73. The van der Waals surface area contributed by atoms with Gasteiger partial charge in [-0.25, -0.2) is 0 Å². The maximum absolute atomic E-state index is 4.44. The van der Waals surface area contributed by atoms with Crippen LogP contribution in [0.2, 0.25) is 0 Å². The molecule has 0 radical (unpaired) electrons. The first-order valence-electron chi connectivity index (χ1n) is 10.5. The van der Waals surface area contributed by atoms with Crippen LogP contribution in [0.15, 0.2) is 49.2 Å². The quantitative estimate of drug-likeness (QED) is 0.374. The lowest BCUT2D eigenvalue weighted by Gasteiger charge is -2.29. The van der Waals surface area contributed by atoms with Gasteiger partial charge < -0.3 is 5.32 Å². The molecule has 0 saturated heterocycles. The molecule has 1 aliphatic rings. The third-order valence-corrected chi connectivity index (χ3v) is 8.03. The Morgan fingerprint density at radius 2 is 1.96 bits per heavy atom. The highest BCUT2D eigenvalue weighted by Gasteiger charge is 2.23. The van der Waals surface area contributed by atoms with Gasteiger partial charge in [0.25, 0.3) is 0 Å². The lowest BCUT2D eigenvalue weighted by Crippen LogP contribution is -2.30. The van der Waals surface area contributed by atoms with E-state index in [9.17, 15) is 0 Å². The predicted molar refractivity (Wildman–Crippen MR) is 132 cm³/mol. The van der Waals surface area contributed by atoms with Crippen LogP contribution in [0.3, 0.4) is 0 Å². The molecule has 0 aliphatic carbocycles. The predicted octanol–water partition coefficient (Wildman–Crippen LogP) is 7.59. The Labute approximate surface area is 181 Å². The molecule has 0 saturated carbocycles. The van der Waals surface area contributed by atoms with E-state index in [1.807, 2.05) is 23.5 Å². The molecule has 0 spiro atoms. The van der Waals surface area contributed by atoms with Gasteiger partial charge >= 0.3 is 0 Å². The van der Waals surface area contributed by atoms with E-state index < -0.39 is 0 Å². The molecule has 2 rings (SSSR count). The van der Waals surface area contributed by atoms with E-state index in [0.717, 1.165) is 49.3 Å². The smallest absolute Gasteiger partial charge is 0.0763 e. The second-order valence-corrected chi connectivity index (χ2v) is 11.1. The Kier molecular flexibility index (Phi) is 8.82. The van der Waals surface area contributed by atoms with Crippen molar-refractivity contribution in [1.29, 1.82) is 0 Å². The molecule has 1 heterocycles. The molecule has 28 heavy (non-hydrogen) atoms. The minimum atomic E-state index is 0.170. The molecule has 3 heteroatoms. The SMILES string of the molecule is C=C(CC)NC1Cc2cccc(C(=C)CCCC(=C)C(C)(C)SCC)c2CS1. The van der Waals surface area contributed by atoms with Crippen LogP contribution in [0.25, 0.3) is 5.57 Å². The summed E-state index contributed by atoms with van der Waals surface area (Å²) in [6.07, 6.45) is 5.29. The molecule has 154 valence electrons. The van der Waals surface area contributed by atoms with E-state index in [2.05, 4.69) is 70.9 Å². The van der Waals surface area contributed by atoms with E-state index in [4.69, 9.17) is 0 Å². The van der Waals surface area contributed by atoms with Gasteiger partial charge in [-0.2, -0.15) is 11.8 Å². The molecule has 1 aromatic carbocycles. The van der Waals surface area contributed by atoms with Crippen LogP contribution < -0.4 is 5.32 Å². The molecule has 1 aliphatic heterocycles. The zero-order chi connectivity index (χ0) is 20.7. The minimum absolute atomic E-state index is 0.170. The summed E-state index contributed by atoms with van der Waals surface area (Å²) in [4.78, 5) is 0. The molecule has 0 amide bonds. The third kappa shape index (κ3) is 6.22. The maximum Gasteiger partial charge on any atom is 0.0763 e. The molecule has 1 N–H and O–H groups in total. The zero-order valence-electron chi connectivity index (χ0n) is 18.2. The first-order valence-corrected chi connectivity index (χ1v) is 12.5. The molecule has 0 bridgehead atoms. The van der Waals surface area contributed by atoms with Crippen LogP contribution in [-0.2, 0) is 12.2 Å². The second kappa shape index (κ2) is 10.6. The largest absolute Gasteiger partial charge is 0.377 e. The molecular weight excluding hydrogens is 378 g/mol. The summed E-state index contributed by atoms with van der Waals surface area (Å²) in [5.74, 6) is 2.18. The Bertz CT molecular complexity index is 717. The van der Waals surface area contributed by atoms with E-state index >= 15 is 0 Å². The van der Waals surface area contributed by atoms with Crippen molar-refractivity contribution in [3.05, 3.63) is 65.9 Å². The number of hydrogen-bond donors (Lipinski definition) is 1. The summed E-state index contributed by atoms with van der Waals surface area (Å²) in [5, 5.41) is 4.00. The van der Waals surface area contributed by atoms with Crippen LogP contribution in [0, 0.1) is 0 Å². The Hall–Kier alpha value is -1.06. The average Bonchev–Trinajstić information content (AvgIpc) is 2.66. The van der Waals surface area contributed by atoms with Gasteiger partial charge in [-0.1, -0.05) is 57.4 Å². The second-order valence-electron chi connectivity index (χ2n) is 8.05. The summed E-state index contributed by atoms with van der Waals surface area (Å²) in [5.41, 5.74) is 8.07. The number of thioether (sulfide) groups is 2. The third-order valence-electron chi connectivity index (χ3n) is 5.59. The number of fused-ring (bicyclic) bond motifs is 1. The summed E-state index contributed by atoms with van der Waals surface area (Å²) >= 11 is 3.97. The van der Waals surface area contributed by atoms with Gasteiger partial charge in [-0.3, -0.25) is 0 Å². The van der Waals surface area contributed by atoms with Gasteiger partial charge in [0.1, 0.15) is 0 Å². The highest BCUT2D eigenvalue weighted by Crippen LogP contribution is 2.37. The highest BCUT2D eigenvalue weighted by atomic mass is 32.2. The topological polar surface area (TPSA) is 12.0 Å². The fourth-order valence-corrected chi connectivity index (χ4v) is 5.89. The Morgan fingerprint density at radius 1 is 1.21 bits per heavy atom. The highest BCUT2D eigenvalue weighted by molar-refractivity contribution is 8.00. The van der Waals surface area contributed by atoms with Crippen molar-refractivity contribution in [1.82, 2.24) is 5.32 Å². The molecular formula is C25H37NS2. The fourth-order valence-electron chi connectivity index (χ4n) is 3.61.